The van der Waals surface area contributed by atoms with Crippen LogP contribution in [0, 0.1) is 11.1 Å². The van der Waals surface area contributed by atoms with Gasteiger partial charge in [-0.1, -0.05) is 0 Å². The molecule has 0 saturated carbocycles. The highest BCUT2D eigenvalue weighted by atomic mass is 79.9. The van der Waals surface area contributed by atoms with Gasteiger partial charge in [-0.2, -0.15) is 4.74 Å². The van der Waals surface area contributed by atoms with Crippen LogP contribution in [0.15, 0.2) is 30.1 Å². The van der Waals surface area contributed by atoms with Crippen LogP contribution in [0.25, 0.3) is 0 Å². The average molecular weight is 295 g/mol. The van der Waals surface area contributed by atoms with Crippen LogP contribution in [-0.4, -0.2) is 19.8 Å². The van der Waals surface area contributed by atoms with E-state index in [2.05, 4.69) is 15.9 Å². The Morgan fingerprint density at radius 2 is 2.35 bits per heavy atom. The maximum Gasteiger partial charge on any atom is 0.283 e. The standard InChI is InChI=1S/C12H11BrN2O2/c13-11-10-6-3-7-14(10)12(16)8-4-1-2-5-9(8)15(11)17/h3,5-8H,1-2,4H2. The third kappa shape index (κ3) is 1.49. The first kappa shape index (κ1) is 10.8. The maximum absolute atomic E-state index is 12.3. The van der Waals surface area contributed by atoms with Gasteiger partial charge in [0.2, 0.25) is 11.6 Å². The van der Waals surface area contributed by atoms with Gasteiger partial charge in [-0.05, 0) is 37.5 Å². The third-order valence-corrected chi connectivity index (χ3v) is 4.04. The number of aromatic nitrogens is 1. The summed E-state index contributed by atoms with van der Waals surface area (Å²) in [5.74, 6) is -0.311. The molecule has 0 saturated heterocycles. The first-order valence-electron chi connectivity index (χ1n) is 5.62. The van der Waals surface area contributed by atoms with E-state index in [0.29, 0.717) is 16.0 Å². The third-order valence-electron chi connectivity index (χ3n) is 3.32. The molecule has 0 aromatic carbocycles. The Morgan fingerprint density at radius 1 is 1.53 bits per heavy atom. The first-order valence-corrected chi connectivity index (χ1v) is 6.41. The van der Waals surface area contributed by atoms with Crippen molar-refractivity contribution in [2.45, 2.75) is 19.3 Å². The second-order valence-electron chi connectivity index (χ2n) is 4.30. The van der Waals surface area contributed by atoms with E-state index in [1.54, 1.807) is 22.9 Å². The van der Waals surface area contributed by atoms with Crippen LogP contribution in [0.4, 0.5) is 0 Å². The molecular weight excluding hydrogens is 284 g/mol. The normalized spacial score (nSPS) is 23.9. The Kier molecular flexibility index (Phi) is 2.43. The van der Waals surface area contributed by atoms with Gasteiger partial charge in [-0.25, -0.2) is 0 Å². The van der Waals surface area contributed by atoms with Crippen LogP contribution in [0.1, 0.15) is 29.8 Å². The minimum absolute atomic E-state index is 0.00810. The number of nitrogens with zero attached hydrogens (tertiary/aromatic N) is 2. The van der Waals surface area contributed by atoms with Crippen molar-refractivity contribution < 1.29 is 9.53 Å². The van der Waals surface area contributed by atoms with Crippen molar-refractivity contribution >= 4 is 26.5 Å². The van der Waals surface area contributed by atoms with Gasteiger partial charge in [-0.3, -0.25) is 9.36 Å². The van der Waals surface area contributed by atoms with Crippen molar-refractivity contribution in [2.75, 3.05) is 0 Å². The fourth-order valence-corrected chi connectivity index (χ4v) is 2.99. The van der Waals surface area contributed by atoms with E-state index in [4.69, 9.17) is 0 Å². The topological polar surface area (TPSA) is 48.1 Å². The van der Waals surface area contributed by atoms with Crippen LogP contribution in [0.3, 0.4) is 0 Å². The van der Waals surface area contributed by atoms with Crippen molar-refractivity contribution in [3.05, 3.63) is 41.0 Å². The lowest BCUT2D eigenvalue weighted by atomic mass is 9.91. The van der Waals surface area contributed by atoms with Gasteiger partial charge in [0.1, 0.15) is 11.6 Å². The number of fused-ring (bicyclic) bond motifs is 2. The summed E-state index contributed by atoms with van der Waals surface area (Å²) < 4.78 is 2.82. The van der Waals surface area contributed by atoms with E-state index >= 15 is 0 Å². The number of allylic oxidation sites excluding steroid dienone is 2. The van der Waals surface area contributed by atoms with E-state index in [1.165, 1.54) is 0 Å². The lowest BCUT2D eigenvalue weighted by molar-refractivity contribution is -0.405. The summed E-state index contributed by atoms with van der Waals surface area (Å²) in [5, 5.41) is 12.2. The Balaban J connectivity index is 2.26. The number of halogens is 1. The van der Waals surface area contributed by atoms with Crippen molar-refractivity contribution in [1.82, 2.24) is 4.57 Å². The van der Waals surface area contributed by atoms with E-state index in [9.17, 15) is 10.0 Å². The van der Waals surface area contributed by atoms with Gasteiger partial charge >= 0.3 is 0 Å². The molecule has 5 heteroatoms. The summed E-state index contributed by atoms with van der Waals surface area (Å²) in [5.41, 5.74) is 1.21. The molecule has 0 bridgehead atoms. The SMILES string of the molecule is O=C1C2CCCC=C2[N+]([O-])=C(Br)c2cccn21. The summed E-state index contributed by atoms with van der Waals surface area (Å²) in [7, 11) is 0. The van der Waals surface area contributed by atoms with Crippen molar-refractivity contribution in [1.29, 1.82) is 0 Å². The molecule has 3 rings (SSSR count). The molecule has 1 aliphatic heterocycles. The summed E-state index contributed by atoms with van der Waals surface area (Å²) in [4.78, 5) is 12.3. The predicted octanol–water partition coefficient (Wildman–Crippen LogP) is 2.48. The number of hydrogen-bond donors (Lipinski definition) is 0. The quantitative estimate of drug-likeness (QED) is 0.545. The van der Waals surface area contributed by atoms with Crippen LogP contribution in [0.2, 0.25) is 0 Å². The molecule has 2 aliphatic rings. The number of rotatable bonds is 0. The number of hydroxylamine groups is 1. The van der Waals surface area contributed by atoms with Crippen LogP contribution < -0.4 is 0 Å². The zero-order chi connectivity index (χ0) is 12.0. The second-order valence-corrected chi connectivity index (χ2v) is 5.05. The monoisotopic (exact) mass is 294 g/mol. The second kappa shape index (κ2) is 3.84. The Morgan fingerprint density at radius 3 is 3.18 bits per heavy atom. The molecule has 4 nitrogen and oxygen atoms in total. The summed E-state index contributed by atoms with van der Waals surface area (Å²) in [6.07, 6.45) is 6.17. The maximum atomic E-state index is 12.3. The van der Waals surface area contributed by atoms with E-state index in [0.717, 1.165) is 24.0 Å². The van der Waals surface area contributed by atoms with Gasteiger partial charge in [0.05, 0.1) is 0 Å². The fourth-order valence-electron chi connectivity index (χ4n) is 2.46. The highest BCUT2D eigenvalue weighted by molar-refractivity contribution is 9.18. The average Bonchev–Trinajstić information content (AvgIpc) is 2.82. The molecule has 1 aromatic rings. The van der Waals surface area contributed by atoms with Gasteiger partial charge in [-0.15, -0.1) is 0 Å². The molecular formula is C12H11BrN2O2. The minimum Gasteiger partial charge on any atom is -0.618 e. The molecule has 0 radical (unpaired) electrons. The molecule has 17 heavy (non-hydrogen) atoms. The number of carbonyl (C=O) groups excluding carboxylic acids is 1. The highest BCUT2D eigenvalue weighted by Gasteiger charge is 2.37. The van der Waals surface area contributed by atoms with E-state index in [1.807, 2.05) is 6.08 Å². The molecule has 1 aliphatic carbocycles. The Labute approximate surface area is 107 Å². The van der Waals surface area contributed by atoms with Crippen molar-refractivity contribution in [3.63, 3.8) is 0 Å². The lowest BCUT2D eigenvalue weighted by Gasteiger charge is -2.19. The first-order chi connectivity index (χ1) is 8.20. The number of hydrogen-bond acceptors (Lipinski definition) is 2. The van der Waals surface area contributed by atoms with Gasteiger partial charge in [0, 0.05) is 22.1 Å². The molecule has 0 fully saturated rings. The van der Waals surface area contributed by atoms with Crippen molar-refractivity contribution in [2.24, 2.45) is 5.92 Å². The minimum atomic E-state index is -0.303. The fraction of sp³-hybridized carbons (Fsp3) is 0.333. The smallest absolute Gasteiger partial charge is 0.283 e. The molecule has 1 atom stereocenters. The van der Waals surface area contributed by atoms with E-state index < -0.39 is 0 Å². The van der Waals surface area contributed by atoms with Crippen molar-refractivity contribution in [3.8, 4) is 0 Å². The van der Waals surface area contributed by atoms with Crippen LogP contribution >= 0.6 is 15.9 Å². The summed E-state index contributed by atoms with van der Waals surface area (Å²) in [6.45, 7) is 0. The molecule has 0 N–H and O–H groups in total. The molecule has 88 valence electrons. The molecule has 2 heterocycles. The van der Waals surface area contributed by atoms with Crippen LogP contribution in [0.5, 0.6) is 0 Å². The molecule has 1 unspecified atom stereocenters. The predicted molar refractivity (Wildman–Crippen MR) is 67.1 cm³/mol. The zero-order valence-corrected chi connectivity index (χ0v) is 10.7. The van der Waals surface area contributed by atoms with E-state index in [-0.39, 0.29) is 11.8 Å². The van der Waals surface area contributed by atoms with Gasteiger partial charge in [0.25, 0.3) is 4.62 Å². The van der Waals surface area contributed by atoms with Gasteiger partial charge in [0.15, 0.2) is 0 Å². The van der Waals surface area contributed by atoms with Crippen LogP contribution in [-0.2, 0) is 0 Å². The Bertz CT molecular complexity index is 557. The summed E-state index contributed by atoms with van der Waals surface area (Å²) >= 11 is 3.29. The number of carbonyl (C=O) groups is 1. The highest BCUT2D eigenvalue weighted by Crippen LogP contribution is 2.31. The molecule has 1 aromatic heterocycles. The molecule has 0 spiro atoms. The largest absolute Gasteiger partial charge is 0.618 e. The Hall–Kier alpha value is -1.36. The summed E-state index contributed by atoms with van der Waals surface area (Å²) in [6, 6.07) is 3.55. The van der Waals surface area contributed by atoms with Gasteiger partial charge < -0.3 is 5.21 Å². The molecule has 0 amide bonds. The zero-order valence-electron chi connectivity index (χ0n) is 9.10. The lowest BCUT2D eigenvalue weighted by Crippen LogP contribution is -2.26.